The summed E-state index contributed by atoms with van der Waals surface area (Å²) in [7, 11) is 0. The number of aliphatic hydroxyl groups excluding tert-OH is 1. The summed E-state index contributed by atoms with van der Waals surface area (Å²) in [6, 6.07) is 0.391. The highest BCUT2D eigenvalue weighted by Crippen LogP contribution is 2.45. The van der Waals surface area contributed by atoms with Gasteiger partial charge in [0.05, 0.1) is 37.0 Å². The lowest BCUT2D eigenvalue weighted by molar-refractivity contribution is -0.609. The minimum Gasteiger partial charge on any atom is -1.00 e. The molecule has 0 saturated carbocycles. The van der Waals surface area contributed by atoms with Gasteiger partial charge in [0.2, 0.25) is 11.6 Å². The number of unbranched alkanes of at least 4 members (excludes halogenated alkanes) is 12. The lowest BCUT2D eigenvalue weighted by Gasteiger charge is -2.50. The predicted octanol–water partition coefficient (Wildman–Crippen LogP) is 3.54. The van der Waals surface area contributed by atoms with Gasteiger partial charge in [-0.3, -0.25) is 14.2 Å². The van der Waals surface area contributed by atoms with Crippen molar-refractivity contribution in [2.75, 3.05) is 32.8 Å². The van der Waals surface area contributed by atoms with Crippen molar-refractivity contribution in [3.63, 3.8) is 0 Å². The Labute approximate surface area is 368 Å². The Kier molecular flexibility index (Phi) is 23.4. The minimum absolute atomic E-state index is 0. The molecule has 0 bridgehead atoms. The van der Waals surface area contributed by atoms with Crippen LogP contribution in [0.15, 0.2) is 12.2 Å². The van der Waals surface area contributed by atoms with Gasteiger partial charge in [-0.05, 0) is 84.2 Å². The fourth-order valence-electron chi connectivity index (χ4n) is 10.3. The second-order valence-electron chi connectivity index (χ2n) is 17.9. The van der Waals surface area contributed by atoms with E-state index in [1.165, 1.54) is 57.8 Å². The molecule has 5 aliphatic rings. The second-order valence-corrected chi connectivity index (χ2v) is 17.9. The second kappa shape index (κ2) is 26.7. The quantitative estimate of drug-likeness (QED) is 0.0397. The number of nitrogens with one attached hydrogen (secondary N) is 2. The van der Waals surface area contributed by atoms with Crippen LogP contribution in [0.25, 0.3) is 0 Å². The molecule has 0 aliphatic carbocycles. The van der Waals surface area contributed by atoms with Gasteiger partial charge in [-0.25, -0.2) is 10.6 Å². The van der Waals surface area contributed by atoms with Crippen molar-refractivity contribution in [2.45, 2.75) is 216 Å². The largest absolute Gasteiger partial charge is 1.00 e. The molecule has 1 amide bonds. The zero-order chi connectivity index (χ0) is 40.5. The Balaban J connectivity index is 0.00000465. The molecule has 0 unspecified atom stereocenters. The molecule has 5 aliphatic heterocycles. The average Bonchev–Trinajstić information content (AvgIpc) is 3.49. The van der Waals surface area contributed by atoms with E-state index in [1.807, 2.05) is 0 Å². The number of rotatable bonds is 25. The molecule has 0 radical (unpaired) electrons. The Hall–Kier alpha value is -1.67. The third-order valence-electron chi connectivity index (χ3n) is 13.3. The van der Waals surface area contributed by atoms with Crippen molar-refractivity contribution in [3.8, 4) is 0 Å². The third-order valence-corrected chi connectivity index (χ3v) is 13.3. The summed E-state index contributed by atoms with van der Waals surface area (Å²) in [5.41, 5.74) is 10.0. The van der Waals surface area contributed by atoms with E-state index in [4.69, 9.17) is 25.7 Å². The van der Waals surface area contributed by atoms with Crippen LogP contribution in [-0.2, 0) is 23.8 Å². The molecule has 2 spiro atoms. The molecule has 2 saturated heterocycles. The number of ether oxygens (including phenoxy) is 3. The summed E-state index contributed by atoms with van der Waals surface area (Å²) in [5.74, 6) is 0.653. The molecule has 2 fully saturated rings. The van der Waals surface area contributed by atoms with Gasteiger partial charge in [-0.2, -0.15) is 0 Å². The molecule has 0 aromatic carbocycles. The molecule has 12 nitrogen and oxygen atoms in total. The maximum absolute atomic E-state index is 14.1. The monoisotopic (exact) mass is 873 g/mol. The van der Waals surface area contributed by atoms with Gasteiger partial charge in [0.15, 0.2) is 11.6 Å². The summed E-state index contributed by atoms with van der Waals surface area (Å²) in [6.07, 6.45) is 29.7. The van der Waals surface area contributed by atoms with Crippen molar-refractivity contribution in [3.05, 3.63) is 12.2 Å². The zero-order valence-electron chi connectivity index (χ0n) is 36.7. The Morgan fingerprint density at radius 2 is 1.61 bits per heavy atom. The van der Waals surface area contributed by atoms with Gasteiger partial charge in [-0.1, -0.05) is 89.7 Å². The topological polar surface area (TPSA) is 164 Å². The summed E-state index contributed by atoms with van der Waals surface area (Å²) < 4.78 is 22.1. The van der Waals surface area contributed by atoms with Gasteiger partial charge in [0, 0.05) is 38.8 Å². The highest BCUT2D eigenvalue weighted by molar-refractivity contribution is 5.85. The van der Waals surface area contributed by atoms with E-state index in [1.54, 1.807) is 4.90 Å². The normalized spacial score (nSPS) is 28.8. The van der Waals surface area contributed by atoms with E-state index in [0.717, 1.165) is 95.9 Å². The third kappa shape index (κ3) is 15.0. The molecule has 59 heavy (non-hydrogen) atoms. The number of aliphatic hydroxyl groups is 1. The van der Waals surface area contributed by atoms with Crippen molar-refractivity contribution < 1.29 is 45.9 Å². The zero-order valence-corrected chi connectivity index (χ0v) is 38.2. The van der Waals surface area contributed by atoms with Gasteiger partial charge in [-0.15, -0.1) is 12.4 Å². The summed E-state index contributed by atoms with van der Waals surface area (Å²) in [4.78, 5) is 28.5. The standard InChI is InChI=1S/C45H80N6O6.2ClH/c1-3-38-22-16-17-27-44(57-38)33-36-24-25-39-41(45(28-19-21-35(2)56-45)49-43(48-44)51(36)39)42(54)55-32-18-14-12-10-8-6-4-5-7-9-11-13-15-23-40(53)50(31-20-29-46)34-37(52)26-30-47;;/h16,22,35-39,41,52H,3-15,17-21,23-34,46-47H2,1-2H3,(H,48,49);2*1H/t35-,36+,37+,38+,39+,41-,44+,45-;;/m1../s1. The van der Waals surface area contributed by atoms with E-state index in [9.17, 15) is 14.7 Å². The van der Waals surface area contributed by atoms with Crippen LogP contribution in [0.1, 0.15) is 174 Å². The molecule has 0 aromatic rings. The molecule has 5 rings (SSSR count). The lowest BCUT2D eigenvalue weighted by Crippen LogP contribution is -3.00. The first-order valence-electron chi connectivity index (χ1n) is 23.5. The Morgan fingerprint density at radius 1 is 0.932 bits per heavy atom. The SMILES string of the molecule is CC[C@H]1C=CCC[C@@]2(C[C@@H]3CC[C@H]4[C@H](C(=O)OCCCCCCCCCCCCCCCC(=O)N(CCCN)C[C@@H](O)CCN)[C@]5(CCC[C@@H](C)O5)NC(=[N+]34)N2)O1.Cl.[Cl-]. The van der Waals surface area contributed by atoms with Crippen LogP contribution in [0.5, 0.6) is 0 Å². The molecule has 0 aromatic heterocycles. The van der Waals surface area contributed by atoms with Crippen LogP contribution in [0.3, 0.4) is 0 Å². The number of carbonyl (C=O) groups is 2. The maximum Gasteiger partial charge on any atom is 0.350 e. The van der Waals surface area contributed by atoms with E-state index >= 15 is 0 Å². The van der Waals surface area contributed by atoms with Crippen LogP contribution in [0, 0.1) is 5.92 Å². The molecule has 8 atom stereocenters. The smallest absolute Gasteiger partial charge is 0.350 e. The molecule has 7 N–H and O–H groups in total. The van der Waals surface area contributed by atoms with E-state index in [2.05, 4.69) is 41.2 Å². The number of hydrogen-bond donors (Lipinski definition) is 5. The first-order valence-corrected chi connectivity index (χ1v) is 23.5. The Morgan fingerprint density at radius 3 is 2.25 bits per heavy atom. The van der Waals surface area contributed by atoms with Crippen LogP contribution >= 0.6 is 12.4 Å². The first-order chi connectivity index (χ1) is 27.7. The highest BCUT2D eigenvalue weighted by Gasteiger charge is 2.64. The van der Waals surface area contributed by atoms with Crippen LogP contribution < -0.4 is 34.5 Å². The first kappa shape index (κ1) is 51.7. The maximum atomic E-state index is 14.1. The van der Waals surface area contributed by atoms with E-state index in [0.29, 0.717) is 51.7 Å². The van der Waals surface area contributed by atoms with Gasteiger partial charge < -0.3 is 48.1 Å². The fraction of sp³-hybridized carbons (Fsp3) is 0.889. The van der Waals surface area contributed by atoms with Crippen LogP contribution in [0.4, 0.5) is 0 Å². The highest BCUT2D eigenvalue weighted by atomic mass is 35.5. The number of hydrogen-bond acceptors (Lipinski definition) is 10. The molecular formula is C45H82Cl2N6O6. The predicted molar refractivity (Wildman–Crippen MR) is 233 cm³/mol. The van der Waals surface area contributed by atoms with Crippen molar-refractivity contribution >= 4 is 30.2 Å². The van der Waals surface area contributed by atoms with Crippen LogP contribution in [-0.4, -0.2) is 107 Å². The summed E-state index contributed by atoms with van der Waals surface area (Å²) in [6.45, 7) is 6.73. The number of guanidine groups is 1. The summed E-state index contributed by atoms with van der Waals surface area (Å²) >= 11 is 0. The molecular weight excluding hydrogens is 791 g/mol. The summed E-state index contributed by atoms with van der Waals surface area (Å²) in [5, 5.41) is 17.8. The number of nitrogens with two attached hydrogens (primary N) is 2. The average molecular weight is 874 g/mol. The van der Waals surface area contributed by atoms with Crippen molar-refractivity contribution in [1.82, 2.24) is 15.5 Å². The van der Waals surface area contributed by atoms with Crippen molar-refractivity contribution in [1.29, 1.82) is 0 Å². The molecule has 5 heterocycles. The fourth-order valence-corrected chi connectivity index (χ4v) is 10.3. The van der Waals surface area contributed by atoms with Gasteiger partial charge >= 0.3 is 11.9 Å². The van der Waals surface area contributed by atoms with Gasteiger partial charge in [0.25, 0.3) is 0 Å². The number of esters is 1. The number of carbonyl (C=O) groups excluding carboxylic acids is 2. The van der Waals surface area contributed by atoms with E-state index in [-0.39, 0.29) is 60.9 Å². The van der Waals surface area contributed by atoms with Crippen LogP contribution in [0.2, 0.25) is 0 Å². The Bertz CT molecular complexity index is 1310. The number of allylic oxidation sites excluding steroid dienone is 1. The van der Waals surface area contributed by atoms with E-state index < -0.39 is 17.6 Å². The number of halogens is 2. The minimum atomic E-state index is -0.761. The van der Waals surface area contributed by atoms with Gasteiger partial charge in [0.1, 0.15) is 0 Å². The molecule has 342 valence electrons. The lowest BCUT2D eigenvalue weighted by atomic mass is 9.80. The van der Waals surface area contributed by atoms with Crippen molar-refractivity contribution in [2.24, 2.45) is 17.4 Å². The molecule has 14 heteroatoms. The number of amides is 1. The number of nitrogens with zero attached hydrogens (tertiary/aromatic N) is 2.